The van der Waals surface area contributed by atoms with Gasteiger partial charge in [0.2, 0.25) is 5.75 Å². The van der Waals surface area contributed by atoms with Gasteiger partial charge >= 0.3 is 0 Å². The molecule has 2 rings (SSSR count). The van der Waals surface area contributed by atoms with Gasteiger partial charge < -0.3 is 19.5 Å². The Bertz CT molecular complexity index is 522. The second-order valence-electron chi connectivity index (χ2n) is 5.55. The van der Waals surface area contributed by atoms with Gasteiger partial charge in [-0.3, -0.25) is 9.69 Å². The number of rotatable bonds is 7. The van der Waals surface area contributed by atoms with Gasteiger partial charge in [0.1, 0.15) is 0 Å². The van der Waals surface area contributed by atoms with E-state index < -0.39 is 0 Å². The number of nitrogens with zero attached hydrogens (tertiary/aromatic N) is 1. The molecule has 1 N–H and O–H groups in total. The molecule has 6 heteroatoms. The van der Waals surface area contributed by atoms with E-state index in [1.54, 1.807) is 19.2 Å². The Morgan fingerprint density at radius 1 is 1.22 bits per heavy atom. The first-order valence-electron chi connectivity index (χ1n) is 7.96. The minimum Gasteiger partial charge on any atom is -0.493 e. The zero-order chi connectivity index (χ0) is 16.8. The molecule has 6 nitrogen and oxygen atoms in total. The van der Waals surface area contributed by atoms with Crippen molar-refractivity contribution in [3.63, 3.8) is 0 Å². The van der Waals surface area contributed by atoms with Crippen LogP contribution in [0, 0.1) is 0 Å². The molecule has 0 spiro atoms. The number of amides is 1. The van der Waals surface area contributed by atoms with Crippen LogP contribution in [0.4, 0.5) is 0 Å². The Hall–Kier alpha value is -1.95. The molecule has 0 bridgehead atoms. The lowest BCUT2D eigenvalue weighted by Gasteiger charge is -2.23. The topological polar surface area (TPSA) is 60.0 Å². The molecule has 1 aromatic rings. The summed E-state index contributed by atoms with van der Waals surface area (Å²) in [5.74, 6) is 1.31. The number of hydrogen-bond donors (Lipinski definition) is 1. The summed E-state index contributed by atoms with van der Waals surface area (Å²) in [4.78, 5) is 14.8. The Balaban J connectivity index is 2.09. The Labute approximate surface area is 137 Å². The maximum absolute atomic E-state index is 12.5. The molecule has 1 atom stereocenters. The molecule has 1 amide bonds. The van der Waals surface area contributed by atoms with E-state index in [0.717, 1.165) is 19.5 Å². The number of carbonyl (C=O) groups excluding carboxylic acids is 1. The van der Waals surface area contributed by atoms with Gasteiger partial charge in [0.05, 0.1) is 21.3 Å². The van der Waals surface area contributed by atoms with Gasteiger partial charge in [0.25, 0.3) is 5.91 Å². The molecule has 1 aliphatic heterocycles. The molecular weight excluding hydrogens is 296 g/mol. The average Bonchev–Trinajstić information content (AvgIpc) is 3.05. The molecular formula is C17H26N2O4. The molecule has 0 aromatic heterocycles. The van der Waals surface area contributed by atoms with E-state index in [2.05, 4.69) is 17.1 Å². The zero-order valence-corrected chi connectivity index (χ0v) is 14.3. The summed E-state index contributed by atoms with van der Waals surface area (Å²) in [7, 11) is 4.62. The Kier molecular flexibility index (Phi) is 6.10. The van der Waals surface area contributed by atoms with Gasteiger partial charge in [-0.1, -0.05) is 6.92 Å². The summed E-state index contributed by atoms with van der Waals surface area (Å²) >= 11 is 0. The first-order chi connectivity index (χ1) is 11.1. The zero-order valence-electron chi connectivity index (χ0n) is 14.3. The maximum Gasteiger partial charge on any atom is 0.251 e. The van der Waals surface area contributed by atoms with Crippen LogP contribution in [0.25, 0.3) is 0 Å². The monoisotopic (exact) mass is 322 g/mol. The van der Waals surface area contributed by atoms with Crippen LogP contribution in [0.3, 0.4) is 0 Å². The third-order valence-electron chi connectivity index (χ3n) is 4.33. The number of likely N-dealkylation sites (tertiary alicyclic amines) is 1. The van der Waals surface area contributed by atoms with Crippen molar-refractivity contribution in [2.45, 2.75) is 25.8 Å². The number of likely N-dealkylation sites (N-methyl/N-ethyl adjacent to an activating group) is 1. The molecule has 0 saturated carbocycles. The molecule has 1 heterocycles. The number of benzene rings is 1. The molecule has 1 saturated heterocycles. The average molecular weight is 322 g/mol. The van der Waals surface area contributed by atoms with Crippen LogP contribution in [0.2, 0.25) is 0 Å². The van der Waals surface area contributed by atoms with Crippen molar-refractivity contribution in [3.05, 3.63) is 17.7 Å². The molecule has 1 aliphatic rings. The van der Waals surface area contributed by atoms with Gasteiger partial charge in [-0.05, 0) is 38.1 Å². The Morgan fingerprint density at radius 3 is 2.39 bits per heavy atom. The third-order valence-corrected chi connectivity index (χ3v) is 4.33. The predicted octanol–water partition coefficient (Wildman–Crippen LogP) is 1.93. The van der Waals surface area contributed by atoms with E-state index in [1.165, 1.54) is 20.6 Å². The Morgan fingerprint density at radius 2 is 1.87 bits per heavy atom. The highest BCUT2D eigenvalue weighted by molar-refractivity contribution is 5.95. The fourth-order valence-corrected chi connectivity index (χ4v) is 3.07. The van der Waals surface area contributed by atoms with Crippen LogP contribution in [-0.2, 0) is 0 Å². The SMILES string of the molecule is CCN1CCC[C@@H]1CNC(=O)c1cc(OC)c(OC)c(OC)c1. The van der Waals surface area contributed by atoms with Crippen molar-refractivity contribution >= 4 is 5.91 Å². The normalized spacial score (nSPS) is 17.8. The van der Waals surface area contributed by atoms with Crippen molar-refractivity contribution in [2.24, 2.45) is 0 Å². The van der Waals surface area contributed by atoms with Crippen LogP contribution in [0.15, 0.2) is 12.1 Å². The predicted molar refractivity (Wildman–Crippen MR) is 88.7 cm³/mol. The summed E-state index contributed by atoms with van der Waals surface area (Å²) in [5.41, 5.74) is 0.501. The smallest absolute Gasteiger partial charge is 0.251 e. The summed E-state index contributed by atoms with van der Waals surface area (Å²) < 4.78 is 15.9. The molecule has 23 heavy (non-hydrogen) atoms. The lowest BCUT2D eigenvalue weighted by atomic mass is 10.1. The fourth-order valence-electron chi connectivity index (χ4n) is 3.07. The molecule has 1 aromatic carbocycles. The summed E-state index contributed by atoms with van der Waals surface area (Å²) in [6.07, 6.45) is 2.32. The van der Waals surface area contributed by atoms with Gasteiger partial charge in [0.15, 0.2) is 11.5 Å². The minimum atomic E-state index is -0.132. The fraction of sp³-hybridized carbons (Fsp3) is 0.588. The van der Waals surface area contributed by atoms with Crippen LogP contribution in [0.5, 0.6) is 17.2 Å². The van der Waals surface area contributed by atoms with Crippen LogP contribution in [-0.4, -0.2) is 57.8 Å². The third kappa shape index (κ3) is 3.88. The maximum atomic E-state index is 12.5. The molecule has 1 fully saturated rings. The van der Waals surface area contributed by atoms with E-state index in [-0.39, 0.29) is 5.91 Å². The largest absolute Gasteiger partial charge is 0.493 e. The van der Waals surface area contributed by atoms with Gasteiger partial charge in [0, 0.05) is 18.2 Å². The molecule has 0 radical (unpaired) electrons. The summed E-state index contributed by atoms with van der Waals surface area (Å²) in [5, 5.41) is 3.01. The number of methoxy groups -OCH3 is 3. The van der Waals surface area contributed by atoms with Crippen molar-refractivity contribution in [1.29, 1.82) is 0 Å². The first kappa shape index (κ1) is 17.4. The number of ether oxygens (including phenoxy) is 3. The van der Waals surface area contributed by atoms with Gasteiger partial charge in [-0.2, -0.15) is 0 Å². The lowest BCUT2D eigenvalue weighted by Crippen LogP contribution is -2.40. The molecule has 0 unspecified atom stereocenters. The van der Waals surface area contributed by atoms with E-state index in [4.69, 9.17) is 14.2 Å². The highest BCUT2D eigenvalue weighted by Crippen LogP contribution is 2.38. The van der Waals surface area contributed by atoms with E-state index in [0.29, 0.717) is 35.4 Å². The summed E-state index contributed by atoms with van der Waals surface area (Å²) in [6.45, 7) is 4.94. The second kappa shape index (κ2) is 8.06. The minimum absolute atomic E-state index is 0.132. The second-order valence-corrected chi connectivity index (χ2v) is 5.55. The van der Waals surface area contributed by atoms with E-state index >= 15 is 0 Å². The number of nitrogens with one attached hydrogen (secondary N) is 1. The van der Waals surface area contributed by atoms with Crippen molar-refractivity contribution in [2.75, 3.05) is 41.0 Å². The van der Waals surface area contributed by atoms with Crippen molar-refractivity contribution in [1.82, 2.24) is 10.2 Å². The highest BCUT2D eigenvalue weighted by Gasteiger charge is 2.24. The highest BCUT2D eigenvalue weighted by atomic mass is 16.5. The number of hydrogen-bond acceptors (Lipinski definition) is 5. The van der Waals surface area contributed by atoms with Crippen molar-refractivity contribution < 1.29 is 19.0 Å². The van der Waals surface area contributed by atoms with Gasteiger partial charge in [-0.15, -0.1) is 0 Å². The van der Waals surface area contributed by atoms with E-state index in [1.807, 2.05) is 0 Å². The van der Waals surface area contributed by atoms with Crippen LogP contribution >= 0.6 is 0 Å². The van der Waals surface area contributed by atoms with E-state index in [9.17, 15) is 4.79 Å². The van der Waals surface area contributed by atoms with Crippen LogP contribution in [0.1, 0.15) is 30.1 Å². The lowest BCUT2D eigenvalue weighted by molar-refractivity contribution is 0.0940. The molecule has 0 aliphatic carbocycles. The van der Waals surface area contributed by atoms with Crippen molar-refractivity contribution in [3.8, 4) is 17.2 Å². The van der Waals surface area contributed by atoms with Gasteiger partial charge in [-0.25, -0.2) is 0 Å². The number of carbonyl (C=O) groups is 1. The molecule has 128 valence electrons. The quantitative estimate of drug-likeness (QED) is 0.831. The standard InChI is InChI=1S/C17H26N2O4/c1-5-19-8-6-7-13(19)11-18-17(20)12-9-14(21-2)16(23-4)15(10-12)22-3/h9-10,13H,5-8,11H2,1-4H3,(H,18,20)/t13-/m1/s1. The summed E-state index contributed by atoms with van der Waals surface area (Å²) in [6, 6.07) is 3.76. The first-order valence-corrected chi connectivity index (χ1v) is 7.96. The van der Waals surface area contributed by atoms with Crippen LogP contribution < -0.4 is 19.5 Å².